The number of H-pyrrole nitrogens is 4. The molecule has 0 radical (unpaired) electrons. The first-order valence-electron chi connectivity index (χ1n) is 6.02. The normalized spacial score (nSPS) is 11.0. The van der Waals surface area contributed by atoms with Gasteiger partial charge in [0.2, 0.25) is 4.77 Å². The summed E-state index contributed by atoms with van der Waals surface area (Å²) >= 11 is 4.92. The van der Waals surface area contributed by atoms with Gasteiger partial charge in [-0.1, -0.05) is 0 Å². The second-order valence-corrected chi connectivity index (χ2v) is 4.85. The molecule has 3 rings (SSSR count). The third-order valence-corrected chi connectivity index (χ3v) is 3.37. The van der Waals surface area contributed by atoms with Crippen molar-refractivity contribution >= 4 is 28.9 Å². The molecule has 0 aliphatic heterocycles. The number of rotatable bonds is 3. The molecule has 10 nitrogen and oxygen atoms in total. The predicted octanol–water partition coefficient (Wildman–Crippen LogP) is 0.789. The molecule has 0 atom stereocenters. The van der Waals surface area contributed by atoms with E-state index in [2.05, 4.69) is 35.6 Å². The van der Waals surface area contributed by atoms with E-state index in [1.165, 1.54) is 6.07 Å². The highest BCUT2D eigenvalue weighted by atomic mass is 32.1. The van der Waals surface area contributed by atoms with Crippen molar-refractivity contribution < 1.29 is 10.2 Å². The van der Waals surface area contributed by atoms with Crippen LogP contribution in [0.15, 0.2) is 15.7 Å². The van der Waals surface area contributed by atoms with Crippen LogP contribution in [0, 0.1) is 11.7 Å². The Bertz CT molecular complexity index is 1030. The third kappa shape index (κ3) is 2.22. The molecule has 114 valence electrons. The predicted molar refractivity (Wildman–Crippen MR) is 80.0 cm³/mol. The molecule has 0 aliphatic carbocycles. The van der Waals surface area contributed by atoms with Gasteiger partial charge in [-0.25, -0.2) is 10.7 Å². The van der Waals surface area contributed by atoms with Crippen molar-refractivity contribution in [2.24, 2.45) is 0 Å². The van der Waals surface area contributed by atoms with Crippen molar-refractivity contribution in [2.75, 3.05) is 5.48 Å². The highest BCUT2D eigenvalue weighted by molar-refractivity contribution is 7.71. The van der Waals surface area contributed by atoms with Gasteiger partial charge < -0.3 is 9.97 Å². The van der Waals surface area contributed by atoms with Gasteiger partial charge in [0.15, 0.2) is 5.82 Å². The van der Waals surface area contributed by atoms with E-state index in [9.17, 15) is 9.59 Å². The minimum atomic E-state index is -0.798. The third-order valence-electron chi connectivity index (χ3n) is 3.17. The Hall–Kier alpha value is -2.76. The first-order chi connectivity index (χ1) is 10.5. The molecule has 0 fully saturated rings. The van der Waals surface area contributed by atoms with E-state index in [0.717, 1.165) is 0 Å². The zero-order valence-electron chi connectivity index (χ0n) is 11.1. The maximum Gasteiger partial charge on any atom is 0.314 e. The maximum absolute atomic E-state index is 11.6. The smallest absolute Gasteiger partial charge is 0.314 e. The van der Waals surface area contributed by atoms with Gasteiger partial charge in [-0.3, -0.25) is 19.8 Å². The lowest BCUT2D eigenvalue weighted by Gasteiger charge is -2.12. The highest BCUT2D eigenvalue weighted by Crippen LogP contribution is 2.32. The lowest BCUT2D eigenvalue weighted by Crippen LogP contribution is -2.29. The van der Waals surface area contributed by atoms with Gasteiger partial charge >= 0.3 is 11.1 Å². The van der Waals surface area contributed by atoms with Gasteiger partial charge in [0.25, 0.3) is 0 Å². The quantitative estimate of drug-likeness (QED) is 0.180. The Morgan fingerprint density at radius 1 is 1.27 bits per heavy atom. The summed E-state index contributed by atoms with van der Waals surface area (Å²) in [5.41, 5.74) is 2.84. The second kappa shape index (κ2) is 5.22. The number of aromatic nitrogens is 5. The molecule has 0 unspecified atom stereocenters. The highest BCUT2D eigenvalue weighted by Gasteiger charge is 2.16. The summed E-state index contributed by atoms with van der Waals surface area (Å²) in [6.45, 7) is 1.71. The zero-order valence-corrected chi connectivity index (χ0v) is 11.9. The van der Waals surface area contributed by atoms with Crippen LogP contribution in [0.4, 0.5) is 5.69 Å². The summed E-state index contributed by atoms with van der Waals surface area (Å²) < 4.78 is 0.228. The Morgan fingerprint density at radius 2 is 2.00 bits per heavy atom. The van der Waals surface area contributed by atoms with E-state index in [4.69, 9.17) is 17.5 Å². The van der Waals surface area contributed by atoms with Crippen molar-refractivity contribution in [3.05, 3.63) is 37.1 Å². The molecule has 0 saturated heterocycles. The van der Waals surface area contributed by atoms with Crippen LogP contribution >= 0.6 is 12.2 Å². The van der Waals surface area contributed by atoms with Crippen LogP contribution in [0.3, 0.4) is 0 Å². The van der Waals surface area contributed by atoms with E-state index in [-0.39, 0.29) is 4.77 Å². The average Bonchev–Trinajstić information content (AvgIpc) is 2.89. The first-order valence-corrected chi connectivity index (χ1v) is 6.43. The molecule has 2 aromatic heterocycles. The van der Waals surface area contributed by atoms with E-state index in [1.54, 1.807) is 6.92 Å². The lowest BCUT2D eigenvalue weighted by atomic mass is 10.0. The summed E-state index contributed by atoms with van der Waals surface area (Å²) in [6, 6.07) is 1.50. The molecule has 0 bridgehead atoms. The van der Waals surface area contributed by atoms with E-state index in [0.29, 0.717) is 33.7 Å². The van der Waals surface area contributed by atoms with Crippen molar-refractivity contribution in [1.29, 1.82) is 0 Å². The topological polar surface area (TPSA) is 152 Å². The molecule has 0 amide bonds. The average molecular weight is 322 g/mol. The molecular formula is C11H10N6O4S. The van der Waals surface area contributed by atoms with Crippen molar-refractivity contribution in [1.82, 2.24) is 25.1 Å². The summed E-state index contributed by atoms with van der Waals surface area (Å²) in [5.74, 6) is 0.358. The largest absolute Gasteiger partial charge is 0.316 e. The van der Waals surface area contributed by atoms with Gasteiger partial charge in [0, 0.05) is 5.56 Å². The standard InChI is InChI=1S/C11H10N6O4S/c1-3-4(17-21-20)2-5-7(13-10(19)9(18)12-5)6(3)8-14-11(22)16-15-8/h2,17,20H,1H3,(H,12,18)(H,13,19)(H2,14,15,16,22). The minimum Gasteiger partial charge on any atom is -0.316 e. The van der Waals surface area contributed by atoms with Gasteiger partial charge in [0.1, 0.15) is 0 Å². The number of hydrogen-bond acceptors (Lipinski definition) is 7. The molecular weight excluding hydrogens is 312 g/mol. The lowest BCUT2D eigenvalue weighted by molar-refractivity contribution is -0.215. The maximum atomic E-state index is 11.6. The summed E-state index contributed by atoms with van der Waals surface area (Å²) in [4.78, 5) is 36.1. The number of hydrogen-bond donors (Lipinski definition) is 6. The van der Waals surface area contributed by atoms with E-state index < -0.39 is 11.1 Å². The van der Waals surface area contributed by atoms with Crippen LogP contribution in [0.1, 0.15) is 5.56 Å². The minimum absolute atomic E-state index is 0.228. The Balaban J connectivity index is 2.47. The molecule has 22 heavy (non-hydrogen) atoms. The number of aromatic amines is 4. The van der Waals surface area contributed by atoms with Crippen LogP contribution in [-0.2, 0) is 4.99 Å². The number of nitrogens with one attached hydrogen (secondary N) is 5. The van der Waals surface area contributed by atoms with Crippen molar-refractivity contribution in [3.63, 3.8) is 0 Å². The zero-order chi connectivity index (χ0) is 15.9. The SMILES string of the molecule is Cc1c(NOO)cc2[nH]c(=O)c(=O)[nH]c2c1-c1nc(=S)[nH][nH]1. The molecule has 0 aliphatic rings. The fourth-order valence-electron chi connectivity index (χ4n) is 2.20. The van der Waals surface area contributed by atoms with Crippen LogP contribution < -0.4 is 16.6 Å². The summed E-state index contributed by atoms with van der Waals surface area (Å²) in [7, 11) is 0. The van der Waals surface area contributed by atoms with Crippen LogP contribution in [-0.4, -0.2) is 30.4 Å². The number of anilines is 1. The Kier molecular flexibility index (Phi) is 3.36. The van der Waals surface area contributed by atoms with Crippen LogP contribution in [0.2, 0.25) is 0 Å². The van der Waals surface area contributed by atoms with Gasteiger partial charge in [0.05, 0.1) is 16.7 Å². The Morgan fingerprint density at radius 3 is 2.64 bits per heavy atom. The van der Waals surface area contributed by atoms with Gasteiger partial charge in [-0.05, 0) is 30.8 Å². The summed E-state index contributed by atoms with van der Waals surface area (Å²) in [5, 5.41) is 14.0. The molecule has 0 spiro atoms. The first kappa shape index (κ1) is 14.2. The van der Waals surface area contributed by atoms with Gasteiger partial charge in [-0.15, -0.1) is 4.99 Å². The molecule has 2 heterocycles. The van der Waals surface area contributed by atoms with Gasteiger partial charge in [-0.2, -0.15) is 4.98 Å². The molecule has 0 saturated carbocycles. The van der Waals surface area contributed by atoms with Crippen LogP contribution in [0.25, 0.3) is 22.4 Å². The fraction of sp³-hybridized carbons (Fsp3) is 0.0909. The number of fused-ring (bicyclic) bond motifs is 1. The van der Waals surface area contributed by atoms with E-state index >= 15 is 0 Å². The van der Waals surface area contributed by atoms with Crippen LogP contribution in [0.5, 0.6) is 0 Å². The van der Waals surface area contributed by atoms with Crippen molar-refractivity contribution in [3.8, 4) is 11.4 Å². The molecule has 1 aromatic carbocycles. The monoisotopic (exact) mass is 322 g/mol. The molecule has 3 aromatic rings. The Labute approximate surface area is 126 Å². The van der Waals surface area contributed by atoms with E-state index in [1.807, 2.05) is 0 Å². The number of nitrogens with zero attached hydrogens (tertiary/aromatic N) is 1. The molecule has 6 N–H and O–H groups in total. The summed E-state index contributed by atoms with van der Waals surface area (Å²) in [6.07, 6.45) is 0. The number of benzene rings is 1. The fourth-order valence-corrected chi connectivity index (χ4v) is 2.34. The van der Waals surface area contributed by atoms with Crippen molar-refractivity contribution in [2.45, 2.75) is 6.92 Å². The molecule has 11 heteroatoms. The second-order valence-electron chi connectivity index (χ2n) is 4.46.